The molecule has 5 rings (SSSR count). The van der Waals surface area contributed by atoms with Gasteiger partial charge in [0.25, 0.3) is 0 Å². The fourth-order valence-corrected chi connectivity index (χ4v) is 4.73. The zero-order valence-electron chi connectivity index (χ0n) is 21.3. The highest BCUT2D eigenvalue weighted by Crippen LogP contribution is 2.41. The average molecular weight is 541 g/mol. The van der Waals surface area contributed by atoms with E-state index >= 15 is 0 Å². The second kappa shape index (κ2) is 11.0. The Hall–Kier alpha value is -4.62. The highest BCUT2D eigenvalue weighted by Gasteiger charge is 2.30. The van der Waals surface area contributed by atoms with E-state index in [9.17, 15) is 9.59 Å². The smallest absolute Gasteiger partial charge is 0.419 e. The van der Waals surface area contributed by atoms with Crippen LogP contribution in [0.5, 0.6) is 0 Å². The summed E-state index contributed by atoms with van der Waals surface area (Å²) >= 11 is 6.48. The molecule has 5 aromatic rings. The normalized spacial score (nSPS) is 10.9. The number of ether oxygens (including phenoxy) is 1. The molecule has 0 aliphatic rings. The van der Waals surface area contributed by atoms with E-state index < -0.39 is 12.1 Å². The number of halogens is 1. The number of hydrogen-bond acceptors (Lipinski definition) is 5. The Kier molecular flexibility index (Phi) is 7.34. The molecule has 0 aliphatic carbocycles. The van der Waals surface area contributed by atoms with Crippen molar-refractivity contribution in [3.05, 3.63) is 101 Å². The lowest BCUT2D eigenvalue weighted by Gasteiger charge is -2.23. The van der Waals surface area contributed by atoms with E-state index in [1.165, 1.54) is 4.90 Å². The van der Waals surface area contributed by atoms with Gasteiger partial charge in [0.15, 0.2) is 5.76 Å². The number of hydrogen-bond donors (Lipinski definition) is 1. The lowest BCUT2D eigenvalue weighted by atomic mass is 9.98. The topological polar surface area (TPSA) is 92.9 Å². The molecule has 0 atom stereocenters. The lowest BCUT2D eigenvalue weighted by Crippen LogP contribution is -2.27. The Morgan fingerprint density at radius 1 is 0.923 bits per heavy atom. The largest absolute Gasteiger partial charge is 0.481 e. The summed E-state index contributed by atoms with van der Waals surface area (Å²) in [4.78, 5) is 25.5. The minimum absolute atomic E-state index is 0.00600. The summed E-state index contributed by atoms with van der Waals surface area (Å²) in [6.07, 6.45) is -0.591. The maximum absolute atomic E-state index is 13.1. The van der Waals surface area contributed by atoms with Gasteiger partial charge in [-0.25, -0.2) is 9.69 Å². The van der Waals surface area contributed by atoms with Crippen LogP contribution in [0.4, 0.5) is 16.2 Å². The zero-order valence-corrected chi connectivity index (χ0v) is 22.1. The van der Waals surface area contributed by atoms with Crippen LogP contribution < -0.4 is 4.90 Å². The van der Waals surface area contributed by atoms with E-state index in [0.717, 1.165) is 33.0 Å². The molecular weight excluding hydrogens is 516 g/mol. The highest BCUT2D eigenvalue weighted by atomic mass is 35.5. The molecule has 0 radical (unpaired) electrons. The fraction of sp³-hybridized carbons (Fsp3) is 0.129. The summed E-state index contributed by atoms with van der Waals surface area (Å²) in [5.74, 6) is -0.438. The monoisotopic (exact) mass is 540 g/mol. The number of anilines is 2. The molecule has 1 amide bonds. The third-order valence-electron chi connectivity index (χ3n) is 6.34. The van der Waals surface area contributed by atoms with Crippen molar-refractivity contribution in [2.45, 2.75) is 20.3 Å². The Morgan fingerprint density at radius 3 is 2.23 bits per heavy atom. The van der Waals surface area contributed by atoms with Crippen LogP contribution in [0.3, 0.4) is 0 Å². The van der Waals surface area contributed by atoms with Crippen LogP contribution in [0.1, 0.15) is 18.2 Å². The third-order valence-corrected chi connectivity index (χ3v) is 6.66. The van der Waals surface area contributed by atoms with Crippen LogP contribution in [-0.4, -0.2) is 28.9 Å². The van der Waals surface area contributed by atoms with Crippen LogP contribution in [0, 0.1) is 6.92 Å². The molecule has 0 unspecified atom stereocenters. The minimum Gasteiger partial charge on any atom is -0.481 e. The highest BCUT2D eigenvalue weighted by molar-refractivity contribution is 6.34. The number of amides is 1. The second-order valence-electron chi connectivity index (χ2n) is 8.98. The van der Waals surface area contributed by atoms with Crippen LogP contribution >= 0.6 is 11.6 Å². The molecular formula is C31H25ClN2O5. The number of carbonyl (C=O) groups excluding carboxylic acids is 1. The van der Waals surface area contributed by atoms with Crippen molar-refractivity contribution >= 4 is 45.8 Å². The Labute approximate surface area is 230 Å². The molecule has 0 saturated heterocycles. The first-order valence-corrected chi connectivity index (χ1v) is 12.8. The molecule has 8 heteroatoms. The molecule has 1 N–H and O–H groups in total. The molecule has 4 aromatic carbocycles. The van der Waals surface area contributed by atoms with Crippen molar-refractivity contribution in [1.82, 2.24) is 5.16 Å². The van der Waals surface area contributed by atoms with Crippen molar-refractivity contribution in [3.63, 3.8) is 0 Å². The number of aromatic nitrogens is 1. The number of benzene rings is 4. The molecule has 0 fully saturated rings. The van der Waals surface area contributed by atoms with Crippen molar-refractivity contribution < 1.29 is 24.0 Å². The number of carboxylic acids is 1. The molecule has 196 valence electrons. The summed E-state index contributed by atoms with van der Waals surface area (Å²) in [7, 11) is 0. The first kappa shape index (κ1) is 26.0. The van der Waals surface area contributed by atoms with E-state index in [4.69, 9.17) is 26.0 Å². The molecule has 1 aromatic heterocycles. The molecule has 0 aliphatic heterocycles. The minimum atomic E-state index is -0.855. The second-order valence-corrected chi connectivity index (χ2v) is 9.38. The van der Waals surface area contributed by atoms with E-state index in [0.29, 0.717) is 27.9 Å². The van der Waals surface area contributed by atoms with E-state index in [-0.39, 0.29) is 13.0 Å². The summed E-state index contributed by atoms with van der Waals surface area (Å²) in [6, 6.07) is 26.5. The number of rotatable bonds is 7. The predicted octanol–water partition coefficient (Wildman–Crippen LogP) is 8.05. The van der Waals surface area contributed by atoms with Gasteiger partial charge >= 0.3 is 12.1 Å². The SMILES string of the molecule is CCOC(=O)N(c1ccccc1Cl)c1c(C)noc1-c1ccc2cc(-c3ccc(CC(=O)O)cc3)ccc2c1. The van der Waals surface area contributed by atoms with Crippen LogP contribution in [0.2, 0.25) is 5.02 Å². The molecule has 0 spiro atoms. The quantitative estimate of drug-likeness (QED) is 0.224. The van der Waals surface area contributed by atoms with Gasteiger partial charge in [0.1, 0.15) is 11.4 Å². The van der Waals surface area contributed by atoms with Gasteiger partial charge in [-0.1, -0.05) is 77.4 Å². The number of aliphatic carboxylic acids is 1. The first-order chi connectivity index (χ1) is 18.9. The summed E-state index contributed by atoms with van der Waals surface area (Å²) in [5.41, 5.74) is 4.94. The zero-order chi connectivity index (χ0) is 27.5. The number of para-hydroxylation sites is 1. The van der Waals surface area contributed by atoms with Gasteiger partial charge in [-0.05, 0) is 65.6 Å². The Morgan fingerprint density at radius 2 is 1.56 bits per heavy atom. The van der Waals surface area contributed by atoms with Crippen molar-refractivity contribution in [2.75, 3.05) is 11.5 Å². The van der Waals surface area contributed by atoms with Gasteiger partial charge in [0.2, 0.25) is 0 Å². The van der Waals surface area contributed by atoms with Crippen molar-refractivity contribution in [2.24, 2.45) is 0 Å². The number of nitrogens with zero attached hydrogens (tertiary/aromatic N) is 2. The molecule has 1 heterocycles. The summed E-state index contributed by atoms with van der Waals surface area (Å²) in [6.45, 7) is 3.70. The van der Waals surface area contributed by atoms with E-state index in [1.807, 2.05) is 54.6 Å². The van der Waals surface area contributed by atoms with Gasteiger partial charge in [0.05, 0.1) is 23.7 Å². The third kappa shape index (κ3) is 5.35. The van der Waals surface area contributed by atoms with Crippen LogP contribution in [0.15, 0.2) is 89.5 Å². The molecule has 39 heavy (non-hydrogen) atoms. The van der Waals surface area contributed by atoms with E-state index in [2.05, 4.69) is 11.2 Å². The van der Waals surface area contributed by atoms with Crippen molar-refractivity contribution in [3.8, 4) is 22.5 Å². The predicted molar refractivity (Wildman–Crippen MR) is 152 cm³/mol. The number of fused-ring (bicyclic) bond motifs is 1. The Bertz CT molecular complexity index is 1680. The first-order valence-electron chi connectivity index (χ1n) is 12.4. The number of carbonyl (C=O) groups is 2. The molecule has 0 saturated carbocycles. The summed E-state index contributed by atoms with van der Waals surface area (Å²) in [5, 5.41) is 15.5. The van der Waals surface area contributed by atoms with Gasteiger partial charge in [-0.15, -0.1) is 0 Å². The standard InChI is InChI=1S/C31H25ClN2O5/c1-3-38-31(37)34(27-7-5-4-6-26(27)32)29-19(2)33-39-30(29)25-15-14-23-17-22(12-13-24(23)18-25)21-10-8-20(9-11-21)16-28(35)36/h4-15,17-18H,3,16H2,1-2H3,(H,35,36). The van der Waals surface area contributed by atoms with Crippen LogP contribution in [-0.2, 0) is 16.0 Å². The van der Waals surface area contributed by atoms with Gasteiger partial charge < -0.3 is 14.4 Å². The molecule has 7 nitrogen and oxygen atoms in total. The summed E-state index contributed by atoms with van der Waals surface area (Å²) < 4.78 is 11.1. The van der Waals surface area contributed by atoms with Gasteiger partial charge in [0, 0.05) is 5.56 Å². The maximum Gasteiger partial charge on any atom is 0.419 e. The van der Waals surface area contributed by atoms with Gasteiger partial charge in [-0.3, -0.25) is 4.79 Å². The van der Waals surface area contributed by atoms with Crippen molar-refractivity contribution in [1.29, 1.82) is 0 Å². The Balaban J connectivity index is 1.53. The lowest BCUT2D eigenvalue weighted by molar-refractivity contribution is -0.136. The maximum atomic E-state index is 13.1. The average Bonchev–Trinajstić information content (AvgIpc) is 3.30. The number of carboxylic acid groups (broad SMARTS) is 1. The van der Waals surface area contributed by atoms with Gasteiger partial charge in [-0.2, -0.15) is 0 Å². The number of aryl methyl sites for hydroxylation is 1. The fourth-order valence-electron chi connectivity index (χ4n) is 4.51. The molecule has 0 bridgehead atoms. The van der Waals surface area contributed by atoms with Crippen LogP contribution in [0.25, 0.3) is 33.2 Å². The van der Waals surface area contributed by atoms with E-state index in [1.54, 1.807) is 38.1 Å².